The van der Waals surface area contributed by atoms with Gasteiger partial charge in [-0.15, -0.1) is 0 Å². The minimum absolute atomic E-state index is 0.0522. The molecule has 2 rings (SSSR count). The van der Waals surface area contributed by atoms with Crippen molar-refractivity contribution in [2.75, 3.05) is 31.6 Å². The van der Waals surface area contributed by atoms with Crippen LogP contribution in [0.15, 0.2) is 24.3 Å². The first-order valence-corrected chi connectivity index (χ1v) is 7.60. The third kappa shape index (κ3) is 4.56. The van der Waals surface area contributed by atoms with E-state index in [1.165, 1.54) is 24.2 Å². The molecule has 0 saturated carbocycles. The number of ether oxygens (including phenoxy) is 1. The molecule has 0 spiro atoms. The molecule has 1 heterocycles. The van der Waals surface area contributed by atoms with Crippen molar-refractivity contribution in [1.82, 2.24) is 0 Å². The number of esters is 1. The number of amides is 1. The van der Waals surface area contributed by atoms with E-state index < -0.39 is 5.97 Å². The van der Waals surface area contributed by atoms with Gasteiger partial charge in [0.25, 0.3) is 5.91 Å². The molecule has 0 atom stereocenters. The second-order valence-electron chi connectivity index (χ2n) is 5.30. The van der Waals surface area contributed by atoms with Gasteiger partial charge in [-0.1, -0.05) is 12.1 Å². The lowest BCUT2D eigenvalue weighted by molar-refractivity contribution is -0.896. The topological polar surface area (TPSA) is 59.8 Å². The minimum Gasteiger partial charge on any atom is -0.462 e. The van der Waals surface area contributed by atoms with Crippen LogP contribution in [0.4, 0.5) is 5.69 Å². The number of rotatable bonds is 5. The van der Waals surface area contributed by atoms with Crippen molar-refractivity contribution in [1.29, 1.82) is 0 Å². The van der Waals surface area contributed by atoms with E-state index in [-0.39, 0.29) is 5.91 Å². The van der Waals surface area contributed by atoms with Crippen LogP contribution < -0.4 is 10.2 Å². The third-order valence-corrected chi connectivity index (χ3v) is 3.67. The Morgan fingerprint density at radius 1 is 1.19 bits per heavy atom. The zero-order valence-electron chi connectivity index (χ0n) is 12.5. The standard InChI is InChI=1S/C16H22N2O3/c1-2-21-16(20)13-8-4-5-9-14(13)17-15(19)12-18-10-6-3-7-11-18/h4-5,8-9H,2-3,6-7,10-12H2,1H3,(H,17,19)/p+1. The first-order valence-electron chi connectivity index (χ1n) is 7.60. The highest BCUT2D eigenvalue weighted by molar-refractivity contribution is 6.01. The summed E-state index contributed by atoms with van der Waals surface area (Å²) in [4.78, 5) is 25.3. The average molecular weight is 291 g/mol. The summed E-state index contributed by atoms with van der Waals surface area (Å²) in [5.74, 6) is -0.456. The molecular formula is C16H23N2O3+. The Labute approximate surface area is 125 Å². The van der Waals surface area contributed by atoms with Gasteiger partial charge in [-0.3, -0.25) is 4.79 Å². The number of benzene rings is 1. The summed E-state index contributed by atoms with van der Waals surface area (Å²) >= 11 is 0. The molecule has 5 heteroatoms. The van der Waals surface area contributed by atoms with Gasteiger partial charge >= 0.3 is 5.97 Å². The maximum Gasteiger partial charge on any atom is 0.340 e. The number of anilines is 1. The fourth-order valence-electron chi connectivity index (χ4n) is 2.63. The Hall–Kier alpha value is -1.88. The van der Waals surface area contributed by atoms with Crippen LogP contribution in [0.25, 0.3) is 0 Å². The maximum absolute atomic E-state index is 12.1. The van der Waals surface area contributed by atoms with E-state index >= 15 is 0 Å². The molecule has 1 aliphatic rings. The van der Waals surface area contributed by atoms with Crippen molar-refractivity contribution in [2.24, 2.45) is 0 Å². The molecule has 1 aliphatic heterocycles. The Morgan fingerprint density at radius 2 is 1.90 bits per heavy atom. The molecule has 0 bridgehead atoms. The number of quaternary nitrogens is 1. The number of hydrogen-bond donors (Lipinski definition) is 2. The molecule has 5 nitrogen and oxygen atoms in total. The lowest BCUT2D eigenvalue weighted by atomic mass is 10.1. The van der Waals surface area contributed by atoms with Gasteiger partial charge in [-0.05, 0) is 38.3 Å². The van der Waals surface area contributed by atoms with Crippen LogP contribution in [0.5, 0.6) is 0 Å². The van der Waals surface area contributed by atoms with E-state index in [1.54, 1.807) is 31.2 Å². The van der Waals surface area contributed by atoms with Gasteiger partial charge in [0.15, 0.2) is 6.54 Å². The van der Waals surface area contributed by atoms with Crippen molar-refractivity contribution in [3.8, 4) is 0 Å². The van der Waals surface area contributed by atoms with Gasteiger partial charge in [-0.25, -0.2) is 4.79 Å². The SMILES string of the molecule is CCOC(=O)c1ccccc1NC(=O)C[NH+]1CCCCC1. The van der Waals surface area contributed by atoms with Crippen LogP contribution in [0.1, 0.15) is 36.5 Å². The van der Waals surface area contributed by atoms with E-state index in [0.29, 0.717) is 24.4 Å². The van der Waals surface area contributed by atoms with Crippen LogP contribution in [-0.2, 0) is 9.53 Å². The highest BCUT2D eigenvalue weighted by Gasteiger charge is 2.19. The van der Waals surface area contributed by atoms with Crippen LogP contribution >= 0.6 is 0 Å². The summed E-state index contributed by atoms with van der Waals surface area (Å²) in [5, 5.41) is 2.84. The molecule has 0 aromatic heterocycles. The fraction of sp³-hybridized carbons (Fsp3) is 0.500. The quantitative estimate of drug-likeness (QED) is 0.792. The van der Waals surface area contributed by atoms with Crippen molar-refractivity contribution in [2.45, 2.75) is 26.2 Å². The predicted octanol–water partition coefficient (Wildman–Crippen LogP) is 0.871. The first-order chi connectivity index (χ1) is 10.2. The molecule has 1 fully saturated rings. The second kappa shape index (κ2) is 7.78. The highest BCUT2D eigenvalue weighted by atomic mass is 16.5. The lowest BCUT2D eigenvalue weighted by Gasteiger charge is -2.23. The summed E-state index contributed by atoms with van der Waals surface area (Å²) < 4.78 is 5.00. The number of likely N-dealkylation sites (tertiary alicyclic amines) is 1. The average Bonchev–Trinajstić information content (AvgIpc) is 2.49. The number of nitrogens with one attached hydrogen (secondary N) is 2. The molecule has 0 aliphatic carbocycles. The first kappa shape index (κ1) is 15.5. The Kier molecular flexibility index (Phi) is 5.75. The lowest BCUT2D eigenvalue weighted by Crippen LogP contribution is -3.13. The Balaban J connectivity index is 1.98. The normalized spacial score (nSPS) is 15.5. The van der Waals surface area contributed by atoms with Crippen LogP contribution in [0.3, 0.4) is 0 Å². The van der Waals surface area contributed by atoms with Gasteiger partial charge < -0.3 is 15.0 Å². The molecular weight excluding hydrogens is 268 g/mol. The van der Waals surface area contributed by atoms with Crippen molar-refractivity contribution < 1.29 is 19.2 Å². The van der Waals surface area contributed by atoms with E-state index in [0.717, 1.165) is 13.1 Å². The molecule has 0 radical (unpaired) electrons. The van der Waals surface area contributed by atoms with E-state index in [2.05, 4.69) is 5.32 Å². The third-order valence-electron chi connectivity index (χ3n) is 3.67. The van der Waals surface area contributed by atoms with Crippen LogP contribution in [0, 0.1) is 0 Å². The number of para-hydroxylation sites is 1. The zero-order valence-corrected chi connectivity index (χ0v) is 12.5. The van der Waals surface area contributed by atoms with Gasteiger partial charge in [0.1, 0.15) is 0 Å². The van der Waals surface area contributed by atoms with Crippen molar-refractivity contribution in [3.05, 3.63) is 29.8 Å². The maximum atomic E-state index is 12.1. The zero-order chi connectivity index (χ0) is 15.1. The molecule has 2 N–H and O–H groups in total. The number of carbonyl (C=O) groups is 2. The summed E-state index contributed by atoms with van der Waals surface area (Å²) in [6.07, 6.45) is 3.63. The largest absolute Gasteiger partial charge is 0.462 e. The molecule has 1 aromatic carbocycles. The predicted molar refractivity (Wildman–Crippen MR) is 80.4 cm³/mol. The summed E-state index contributed by atoms with van der Waals surface area (Å²) in [6, 6.07) is 6.96. The van der Waals surface area contributed by atoms with Crippen molar-refractivity contribution >= 4 is 17.6 Å². The smallest absolute Gasteiger partial charge is 0.340 e. The van der Waals surface area contributed by atoms with Gasteiger partial charge in [-0.2, -0.15) is 0 Å². The van der Waals surface area contributed by atoms with Gasteiger partial charge in [0.05, 0.1) is 30.9 Å². The number of carbonyl (C=O) groups excluding carboxylic acids is 2. The minimum atomic E-state index is -0.404. The van der Waals surface area contributed by atoms with Crippen LogP contribution in [0.2, 0.25) is 0 Å². The summed E-state index contributed by atoms with van der Waals surface area (Å²) in [7, 11) is 0. The van der Waals surface area contributed by atoms with Crippen molar-refractivity contribution in [3.63, 3.8) is 0 Å². The molecule has 1 saturated heterocycles. The second-order valence-corrected chi connectivity index (χ2v) is 5.30. The number of hydrogen-bond acceptors (Lipinski definition) is 3. The molecule has 1 amide bonds. The van der Waals surface area contributed by atoms with Crippen LogP contribution in [-0.4, -0.2) is 38.1 Å². The van der Waals surface area contributed by atoms with Gasteiger partial charge in [0, 0.05) is 0 Å². The molecule has 1 aromatic rings. The molecule has 21 heavy (non-hydrogen) atoms. The molecule has 114 valence electrons. The Morgan fingerprint density at radius 3 is 2.62 bits per heavy atom. The fourth-order valence-corrected chi connectivity index (χ4v) is 2.63. The highest BCUT2D eigenvalue weighted by Crippen LogP contribution is 2.15. The van der Waals surface area contributed by atoms with Gasteiger partial charge in [0.2, 0.25) is 0 Å². The van der Waals surface area contributed by atoms with E-state index in [9.17, 15) is 9.59 Å². The van der Waals surface area contributed by atoms with E-state index in [4.69, 9.17) is 4.74 Å². The summed E-state index contributed by atoms with van der Waals surface area (Å²) in [5.41, 5.74) is 0.929. The number of piperidine rings is 1. The van der Waals surface area contributed by atoms with E-state index in [1.807, 2.05) is 0 Å². The molecule has 0 unspecified atom stereocenters. The monoisotopic (exact) mass is 291 g/mol. The Bertz CT molecular complexity index is 496. The summed E-state index contributed by atoms with van der Waals surface area (Å²) in [6.45, 7) is 4.63.